The number of unbranched alkanes of at least 4 members (excludes halogenated alkanes) is 2. The number of ether oxygens (including phenoxy) is 2. The van der Waals surface area contributed by atoms with E-state index in [4.69, 9.17) is 9.47 Å². The van der Waals surface area contributed by atoms with Crippen LogP contribution in [0.1, 0.15) is 37.3 Å². The zero-order chi connectivity index (χ0) is 21.3. The smallest absolute Gasteiger partial charge is 0.418 e. The van der Waals surface area contributed by atoms with Crippen molar-refractivity contribution in [2.75, 3.05) is 19.0 Å². The van der Waals surface area contributed by atoms with E-state index in [-0.39, 0.29) is 5.69 Å². The molecule has 0 atom stereocenters. The number of alkyl halides is 3. The maximum absolute atomic E-state index is 13.0. The maximum atomic E-state index is 13.0. The predicted octanol–water partition coefficient (Wildman–Crippen LogP) is 5.93. The Kier molecular flexibility index (Phi) is 8.12. The Morgan fingerprint density at radius 3 is 2.55 bits per heavy atom. The van der Waals surface area contributed by atoms with Crippen molar-refractivity contribution in [3.8, 4) is 11.5 Å². The molecular weight excluding hydrogens is 383 g/mol. The molecule has 156 valence electrons. The van der Waals surface area contributed by atoms with Crippen LogP contribution in [0.25, 0.3) is 6.08 Å². The summed E-state index contributed by atoms with van der Waals surface area (Å²) in [6, 6.07) is 10.0. The van der Waals surface area contributed by atoms with Gasteiger partial charge in [-0.2, -0.15) is 13.2 Å². The van der Waals surface area contributed by atoms with Gasteiger partial charge in [0.1, 0.15) is 0 Å². The van der Waals surface area contributed by atoms with E-state index in [0.717, 1.165) is 25.3 Å². The van der Waals surface area contributed by atoms with Crippen molar-refractivity contribution in [2.45, 2.75) is 32.4 Å². The SMILES string of the molecule is CCCCCOc1ccc(C=CC(=O)Nc2ccccc2C(F)(F)F)cc1OC. The number of carbonyl (C=O) groups is 1. The number of methoxy groups -OCH3 is 1. The van der Waals surface area contributed by atoms with Crippen molar-refractivity contribution in [1.82, 2.24) is 0 Å². The Labute approximate surface area is 168 Å². The van der Waals surface area contributed by atoms with Crippen LogP contribution in [0, 0.1) is 0 Å². The second kappa shape index (κ2) is 10.5. The number of carbonyl (C=O) groups excluding carboxylic acids is 1. The summed E-state index contributed by atoms with van der Waals surface area (Å²) in [6.07, 6.45) is 1.24. The average molecular weight is 407 g/mol. The van der Waals surface area contributed by atoms with Crippen molar-refractivity contribution in [3.05, 3.63) is 59.7 Å². The van der Waals surface area contributed by atoms with E-state index >= 15 is 0 Å². The maximum Gasteiger partial charge on any atom is 0.418 e. The van der Waals surface area contributed by atoms with Gasteiger partial charge in [0, 0.05) is 6.08 Å². The average Bonchev–Trinajstić information content (AvgIpc) is 2.69. The fraction of sp³-hybridized carbons (Fsp3) is 0.318. The van der Waals surface area contributed by atoms with Crippen LogP contribution in [-0.4, -0.2) is 19.6 Å². The van der Waals surface area contributed by atoms with E-state index in [0.29, 0.717) is 23.7 Å². The Morgan fingerprint density at radius 2 is 1.86 bits per heavy atom. The zero-order valence-electron chi connectivity index (χ0n) is 16.4. The highest BCUT2D eigenvalue weighted by molar-refractivity contribution is 6.02. The number of amides is 1. The molecule has 0 unspecified atom stereocenters. The lowest BCUT2D eigenvalue weighted by Gasteiger charge is -2.12. The largest absolute Gasteiger partial charge is 0.493 e. The number of hydrogen-bond acceptors (Lipinski definition) is 3. The van der Waals surface area contributed by atoms with Gasteiger partial charge in [-0.15, -0.1) is 0 Å². The fourth-order valence-electron chi connectivity index (χ4n) is 2.63. The van der Waals surface area contributed by atoms with Crippen LogP contribution in [0.2, 0.25) is 0 Å². The molecule has 0 saturated heterocycles. The minimum Gasteiger partial charge on any atom is -0.493 e. The highest BCUT2D eigenvalue weighted by Gasteiger charge is 2.33. The molecule has 7 heteroatoms. The molecule has 1 amide bonds. The number of nitrogens with one attached hydrogen (secondary N) is 1. The molecule has 0 spiro atoms. The van der Waals surface area contributed by atoms with Crippen molar-refractivity contribution >= 4 is 17.7 Å². The molecule has 2 aromatic carbocycles. The molecule has 0 saturated carbocycles. The van der Waals surface area contributed by atoms with Gasteiger partial charge in [-0.05, 0) is 42.3 Å². The lowest BCUT2D eigenvalue weighted by atomic mass is 10.1. The minimum atomic E-state index is -4.55. The Morgan fingerprint density at radius 1 is 1.10 bits per heavy atom. The number of para-hydroxylation sites is 1. The normalized spacial score (nSPS) is 11.5. The van der Waals surface area contributed by atoms with Crippen molar-refractivity contribution in [3.63, 3.8) is 0 Å². The number of halogens is 3. The quantitative estimate of drug-likeness (QED) is 0.414. The molecule has 2 aromatic rings. The molecular formula is C22H24F3NO3. The second-order valence-electron chi connectivity index (χ2n) is 6.33. The van der Waals surface area contributed by atoms with Crippen molar-refractivity contribution in [1.29, 1.82) is 0 Å². The Hall–Kier alpha value is -2.96. The summed E-state index contributed by atoms with van der Waals surface area (Å²) in [4.78, 5) is 12.1. The Bertz CT molecular complexity index is 847. The van der Waals surface area contributed by atoms with Gasteiger partial charge < -0.3 is 14.8 Å². The lowest BCUT2D eigenvalue weighted by molar-refractivity contribution is -0.136. The molecule has 0 fully saturated rings. The van der Waals surface area contributed by atoms with Gasteiger partial charge in [0.15, 0.2) is 11.5 Å². The molecule has 29 heavy (non-hydrogen) atoms. The summed E-state index contributed by atoms with van der Waals surface area (Å²) in [5.74, 6) is 0.455. The van der Waals surface area contributed by atoms with E-state index in [1.807, 2.05) is 0 Å². The van der Waals surface area contributed by atoms with Crippen LogP contribution in [0.5, 0.6) is 11.5 Å². The lowest BCUT2D eigenvalue weighted by Crippen LogP contribution is -2.14. The monoisotopic (exact) mass is 407 g/mol. The first-order valence-corrected chi connectivity index (χ1v) is 9.31. The molecule has 0 radical (unpaired) electrons. The summed E-state index contributed by atoms with van der Waals surface area (Å²) >= 11 is 0. The van der Waals surface area contributed by atoms with Crippen LogP contribution in [0.4, 0.5) is 18.9 Å². The van der Waals surface area contributed by atoms with E-state index in [2.05, 4.69) is 12.2 Å². The van der Waals surface area contributed by atoms with Crippen LogP contribution < -0.4 is 14.8 Å². The van der Waals surface area contributed by atoms with Crippen molar-refractivity contribution in [2.24, 2.45) is 0 Å². The van der Waals surface area contributed by atoms with E-state index < -0.39 is 17.6 Å². The van der Waals surface area contributed by atoms with E-state index in [1.54, 1.807) is 18.2 Å². The number of rotatable bonds is 9. The van der Waals surface area contributed by atoms with Gasteiger partial charge in [-0.3, -0.25) is 4.79 Å². The van der Waals surface area contributed by atoms with Gasteiger partial charge in [0.25, 0.3) is 0 Å². The topological polar surface area (TPSA) is 47.6 Å². The van der Waals surface area contributed by atoms with Crippen LogP contribution in [0.15, 0.2) is 48.5 Å². The standard InChI is InChI=1S/C22H24F3NO3/c1-3-4-7-14-29-19-12-10-16(15-20(19)28-2)11-13-21(27)26-18-9-6-5-8-17(18)22(23,24)25/h5-6,8-13,15H,3-4,7,14H2,1-2H3,(H,26,27). The predicted molar refractivity (Wildman–Crippen MR) is 107 cm³/mol. The summed E-state index contributed by atoms with van der Waals surface area (Å²) in [5.41, 5.74) is -0.530. The number of anilines is 1. The molecule has 4 nitrogen and oxygen atoms in total. The molecule has 0 aliphatic heterocycles. The third kappa shape index (κ3) is 6.85. The van der Waals surface area contributed by atoms with E-state index in [9.17, 15) is 18.0 Å². The van der Waals surface area contributed by atoms with Gasteiger partial charge in [-0.1, -0.05) is 38.0 Å². The molecule has 0 aliphatic carbocycles. The van der Waals surface area contributed by atoms with Crippen LogP contribution >= 0.6 is 0 Å². The molecule has 0 heterocycles. The highest BCUT2D eigenvalue weighted by atomic mass is 19.4. The second-order valence-corrected chi connectivity index (χ2v) is 6.33. The summed E-state index contributed by atoms with van der Waals surface area (Å²) in [6.45, 7) is 2.69. The number of benzene rings is 2. The third-order valence-electron chi connectivity index (χ3n) is 4.11. The molecule has 2 rings (SSSR count). The third-order valence-corrected chi connectivity index (χ3v) is 4.11. The van der Waals surface area contributed by atoms with Gasteiger partial charge in [0.05, 0.1) is 25.0 Å². The minimum absolute atomic E-state index is 0.289. The molecule has 1 N–H and O–H groups in total. The first-order chi connectivity index (χ1) is 13.8. The van der Waals surface area contributed by atoms with Crippen molar-refractivity contribution < 1.29 is 27.4 Å². The highest BCUT2D eigenvalue weighted by Crippen LogP contribution is 2.34. The van der Waals surface area contributed by atoms with Gasteiger partial charge >= 0.3 is 6.18 Å². The summed E-state index contributed by atoms with van der Waals surface area (Å²) in [5, 5.41) is 2.27. The first-order valence-electron chi connectivity index (χ1n) is 9.31. The fourth-order valence-corrected chi connectivity index (χ4v) is 2.63. The van der Waals surface area contributed by atoms with Gasteiger partial charge in [-0.25, -0.2) is 0 Å². The number of hydrogen-bond donors (Lipinski definition) is 1. The van der Waals surface area contributed by atoms with Crippen LogP contribution in [-0.2, 0) is 11.0 Å². The van der Waals surface area contributed by atoms with E-state index in [1.165, 1.54) is 37.5 Å². The molecule has 0 bridgehead atoms. The summed E-state index contributed by atoms with van der Waals surface area (Å²) < 4.78 is 50.0. The van der Waals surface area contributed by atoms with Gasteiger partial charge in [0.2, 0.25) is 5.91 Å². The summed E-state index contributed by atoms with van der Waals surface area (Å²) in [7, 11) is 1.52. The zero-order valence-corrected chi connectivity index (χ0v) is 16.4. The first kappa shape index (κ1) is 22.3. The molecule has 0 aromatic heterocycles. The van der Waals surface area contributed by atoms with Crippen LogP contribution in [0.3, 0.4) is 0 Å². The Balaban J connectivity index is 2.05. The molecule has 0 aliphatic rings.